The molecule has 0 atom stereocenters. The summed E-state index contributed by atoms with van der Waals surface area (Å²) in [5, 5.41) is 3.03. The number of carbonyl (C=O) groups excluding carboxylic acids is 2. The Hall–Kier alpha value is -2.81. The third-order valence-corrected chi connectivity index (χ3v) is 5.24. The molecule has 0 radical (unpaired) electrons. The molecule has 1 amide bonds. The van der Waals surface area contributed by atoms with E-state index in [2.05, 4.69) is 15.0 Å². The number of halogens is 4. The highest BCUT2D eigenvalue weighted by molar-refractivity contribution is 6.33. The molecule has 3 rings (SSSR count). The summed E-state index contributed by atoms with van der Waals surface area (Å²) in [5.41, 5.74) is -0.219. The molecule has 6 nitrogen and oxygen atoms in total. The van der Waals surface area contributed by atoms with E-state index in [-0.39, 0.29) is 17.4 Å². The van der Waals surface area contributed by atoms with E-state index in [4.69, 9.17) is 11.6 Å². The summed E-state index contributed by atoms with van der Waals surface area (Å²) in [7, 11) is 1.26. The standard InChI is InChI=1S/C20H19ClF3N3O3/c1-30-19(29)13-2-4-15(21)16(10-13)26-18(28)12-6-8-27(9-7-12)17-5-3-14(11-25-17)20(22,23)24/h2-5,10-12H,6-9H2,1H3,(H,26,28). The van der Waals surface area contributed by atoms with Gasteiger partial charge < -0.3 is 15.0 Å². The van der Waals surface area contributed by atoms with Crippen LogP contribution in [0.25, 0.3) is 0 Å². The van der Waals surface area contributed by atoms with Gasteiger partial charge in [0, 0.05) is 25.2 Å². The summed E-state index contributed by atoms with van der Waals surface area (Å²) in [5.74, 6) is -0.636. The maximum absolute atomic E-state index is 12.7. The van der Waals surface area contributed by atoms with E-state index in [9.17, 15) is 22.8 Å². The molecule has 1 aliphatic heterocycles. The van der Waals surface area contributed by atoms with Crippen molar-refractivity contribution in [1.29, 1.82) is 0 Å². The van der Waals surface area contributed by atoms with Gasteiger partial charge in [-0.1, -0.05) is 11.6 Å². The van der Waals surface area contributed by atoms with Gasteiger partial charge in [-0.15, -0.1) is 0 Å². The van der Waals surface area contributed by atoms with Gasteiger partial charge in [0.15, 0.2) is 0 Å². The Kier molecular flexibility index (Phi) is 6.50. The number of ether oxygens (including phenoxy) is 1. The van der Waals surface area contributed by atoms with Crippen LogP contribution in [0.3, 0.4) is 0 Å². The number of carbonyl (C=O) groups is 2. The first-order chi connectivity index (χ1) is 14.2. The zero-order valence-electron chi connectivity index (χ0n) is 16.0. The maximum Gasteiger partial charge on any atom is 0.417 e. The number of methoxy groups -OCH3 is 1. The van der Waals surface area contributed by atoms with Crippen LogP contribution in [0.15, 0.2) is 36.5 Å². The first-order valence-corrected chi connectivity index (χ1v) is 9.53. The lowest BCUT2D eigenvalue weighted by Crippen LogP contribution is -2.38. The molecular formula is C20H19ClF3N3O3. The van der Waals surface area contributed by atoms with Crippen LogP contribution in [0.1, 0.15) is 28.8 Å². The Morgan fingerprint density at radius 1 is 1.20 bits per heavy atom. The second kappa shape index (κ2) is 8.91. The monoisotopic (exact) mass is 441 g/mol. The number of amides is 1. The smallest absolute Gasteiger partial charge is 0.417 e. The first-order valence-electron chi connectivity index (χ1n) is 9.16. The number of anilines is 2. The average molecular weight is 442 g/mol. The van der Waals surface area contributed by atoms with Crippen LogP contribution in [0, 0.1) is 5.92 Å². The predicted molar refractivity (Wildman–Crippen MR) is 106 cm³/mol. The van der Waals surface area contributed by atoms with Crippen molar-refractivity contribution in [3.05, 3.63) is 52.7 Å². The Labute approximate surface area is 176 Å². The molecule has 0 saturated carbocycles. The summed E-state index contributed by atoms with van der Waals surface area (Å²) in [6, 6.07) is 6.79. The number of pyridine rings is 1. The van der Waals surface area contributed by atoms with E-state index in [0.717, 1.165) is 12.3 Å². The van der Waals surface area contributed by atoms with Gasteiger partial charge in [0.1, 0.15) is 5.82 Å². The molecule has 1 fully saturated rings. The quantitative estimate of drug-likeness (QED) is 0.712. The molecule has 0 aliphatic carbocycles. The first kappa shape index (κ1) is 21.9. The Balaban J connectivity index is 1.60. The molecule has 30 heavy (non-hydrogen) atoms. The topological polar surface area (TPSA) is 71.5 Å². The zero-order valence-corrected chi connectivity index (χ0v) is 16.8. The van der Waals surface area contributed by atoms with E-state index in [0.29, 0.717) is 42.5 Å². The van der Waals surface area contributed by atoms with Crippen molar-refractivity contribution in [2.45, 2.75) is 19.0 Å². The summed E-state index contributed by atoms with van der Waals surface area (Å²) >= 11 is 6.11. The van der Waals surface area contributed by atoms with Crippen LogP contribution < -0.4 is 10.2 Å². The van der Waals surface area contributed by atoms with Gasteiger partial charge in [-0.3, -0.25) is 4.79 Å². The Bertz CT molecular complexity index is 927. The van der Waals surface area contributed by atoms with E-state index in [1.165, 1.54) is 31.4 Å². The molecule has 2 aromatic rings. The van der Waals surface area contributed by atoms with Gasteiger partial charge in [-0.2, -0.15) is 13.2 Å². The van der Waals surface area contributed by atoms with Crippen LogP contribution >= 0.6 is 11.6 Å². The highest BCUT2D eigenvalue weighted by Crippen LogP contribution is 2.31. The van der Waals surface area contributed by atoms with Crippen molar-refractivity contribution in [3.63, 3.8) is 0 Å². The van der Waals surface area contributed by atoms with Crippen molar-refractivity contribution in [2.75, 3.05) is 30.4 Å². The molecule has 1 saturated heterocycles. The Morgan fingerprint density at radius 3 is 2.47 bits per heavy atom. The van der Waals surface area contributed by atoms with Crippen molar-refractivity contribution < 1.29 is 27.5 Å². The highest BCUT2D eigenvalue weighted by atomic mass is 35.5. The number of esters is 1. The molecule has 10 heteroatoms. The highest BCUT2D eigenvalue weighted by Gasteiger charge is 2.31. The largest absolute Gasteiger partial charge is 0.465 e. The number of nitrogens with one attached hydrogen (secondary N) is 1. The summed E-state index contributed by atoms with van der Waals surface area (Å²) in [4.78, 5) is 30.0. The fourth-order valence-electron chi connectivity index (χ4n) is 3.21. The van der Waals surface area contributed by atoms with Crippen LogP contribution in [-0.4, -0.2) is 37.1 Å². The van der Waals surface area contributed by atoms with Crippen molar-refractivity contribution in [3.8, 4) is 0 Å². The number of piperidine rings is 1. The molecule has 2 heterocycles. The number of benzene rings is 1. The molecule has 1 aromatic carbocycles. The van der Waals surface area contributed by atoms with E-state index in [1.807, 2.05) is 4.90 Å². The number of hydrogen-bond donors (Lipinski definition) is 1. The van der Waals surface area contributed by atoms with E-state index in [1.54, 1.807) is 0 Å². The van der Waals surface area contributed by atoms with Crippen molar-refractivity contribution in [2.24, 2.45) is 5.92 Å². The summed E-state index contributed by atoms with van der Waals surface area (Å²) in [6.45, 7) is 0.957. The zero-order chi connectivity index (χ0) is 21.9. The van der Waals surface area contributed by atoms with Crippen molar-refractivity contribution >= 4 is 35.0 Å². The summed E-state index contributed by atoms with van der Waals surface area (Å²) < 4.78 is 42.7. The molecule has 0 spiro atoms. The second-order valence-electron chi connectivity index (χ2n) is 6.84. The predicted octanol–water partition coefficient (Wildman–Crippen LogP) is 4.40. The molecule has 0 bridgehead atoms. The molecule has 160 valence electrons. The van der Waals surface area contributed by atoms with Crippen molar-refractivity contribution in [1.82, 2.24) is 4.98 Å². The lowest BCUT2D eigenvalue weighted by Gasteiger charge is -2.32. The summed E-state index contributed by atoms with van der Waals surface area (Å²) in [6.07, 6.45) is -2.61. The molecule has 1 aliphatic rings. The lowest BCUT2D eigenvalue weighted by molar-refractivity contribution is -0.137. The minimum absolute atomic E-state index is 0.237. The van der Waals surface area contributed by atoms with Gasteiger partial charge in [0.05, 0.1) is 28.9 Å². The number of alkyl halides is 3. The van der Waals surface area contributed by atoms with Gasteiger partial charge in [-0.05, 0) is 43.2 Å². The van der Waals surface area contributed by atoms with Gasteiger partial charge in [0.2, 0.25) is 5.91 Å². The third-order valence-electron chi connectivity index (χ3n) is 4.91. The third kappa shape index (κ3) is 5.02. The lowest BCUT2D eigenvalue weighted by atomic mass is 9.95. The van der Waals surface area contributed by atoms with Crippen LogP contribution in [0.5, 0.6) is 0 Å². The number of aromatic nitrogens is 1. The van der Waals surface area contributed by atoms with Gasteiger partial charge in [0.25, 0.3) is 0 Å². The fraction of sp³-hybridized carbons (Fsp3) is 0.350. The number of nitrogens with zero attached hydrogens (tertiary/aromatic N) is 2. The second-order valence-corrected chi connectivity index (χ2v) is 7.25. The molecule has 1 aromatic heterocycles. The molecule has 0 unspecified atom stereocenters. The van der Waals surface area contributed by atoms with E-state index < -0.39 is 17.7 Å². The SMILES string of the molecule is COC(=O)c1ccc(Cl)c(NC(=O)C2CCN(c3ccc(C(F)(F)F)cn3)CC2)c1. The Morgan fingerprint density at radius 2 is 1.90 bits per heavy atom. The van der Waals surface area contributed by atoms with Gasteiger partial charge >= 0.3 is 12.1 Å². The molecular weight excluding hydrogens is 423 g/mol. The van der Waals surface area contributed by atoms with E-state index >= 15 is 0 Å². The number of hydrogen-bond acceptors (Lipinski definition) is 5. The van der Waals surface area contributed by atoms with Crippen LogP contribution in [0.4, 0.5) is 24.7 Å². The minimum atomic E-state index is -4.43. The fourth-order valence-corrected chi connectivity index (χ4v) is 3.38. The molecule has 1 N–H and O–H groups in total. The van der Waals surface area contributed by atoms with Crippen LogP contribution in [-0.2, 0) is 15.7 Å². The number of rotatable bonds is 4. The average Bonchev–Trinajstić information content (AvgIpc) is 2.74. The minimum Gasteiger partial charge on any atom is -0.465 e. The normalized spacial score (nSPS) is 15.0. The maximum atomic E-state index is 12.7. The van der Waals surface area contributed by atoms with Gasteiger partial charge in [-0.25, -0.2) is 9.78 Å². The van der Waals surface area contributed by atoms with Crippen LogP contribution in [0.2, 0.25) is 5.02 Å².